The minimum absolute atomic E-state index is 0. The van der Waals surface area contributed by atoms with Gasteiger partial charge in [-0.25, -0.2) is 0 Å². The third-order valence-corrected chi connectivity index (χ3v) is 0. The quantitative estimate of drug-likeness (QED) is 0.359. The Morgan fingerprint density at radius 1 is 0.467 bits per heavy atom. The van der Waals surface area contributed by atoms with E-state index in [4.69, 9.17) is 71.0 Å². The number of hydrogen-bond donors (Lipinski definition) is 0. The van der Waals surface area contributed by atoms with E-state index in [2.05, 4.69) is 26.9 Å². The summed E-state index contributed by atoms with van der Waals surface area (Å²) in [5.74, 6) is 0. The molecule has 0 aromatic rings. The standard InChI is InChI=1S/6CN.Fe.Na.Ni/c6*1-2;;;/q6*-1;;+1;. The van der Waals surface area contributed by atoms with Gasteiger partial charge in [0, 0.05) is 0 Å². The Labute approximate surface area is 126 Å². The first kappa shape index (κ1) is 66.1. The first-order valence-electron chi connectivity index (χ1n) is 1.45. The molecular weight excluding hydrogens is 294 g/mol. The molecule has 0 aliphatic rings. The van der Waals surface area contributed by atoms with Crippen molar-refractivity contribution in [3.63, 3.8) is 0 Å². The van der Waals surface area contributed by atoms with Gasteiger partial charge >= 0.3 is 56.5 Å². The van der Waals surface area contributed by atoms with Gasteiger partial charge in [0.25, 0.3) is 0 Å². The van der Waals surface area contributed by atoms with Gasteiger partial charge < -0.3 is 71.0 Å². The molecular formula is C6FeN6NaNi-5. The molecule has 0 aromatic heterocycles. The Kier molecular flexibility index (Phi) is 7430. The van der Waals surface area contributed by atoms with Crippen molar-refractivity contribution in [2.45, 2.75) is 0 Å². The molecule has 0 heterocycles. The Morgan fingerprint density at radius 2 is 0.467 bits per heavy atom. The van der Waals surface area contributed by atoms with Crippen molar-refractivity contribution in [2.24, 2.45) is 0 Å². The Balaban J connectivity index is -0.00000000628. The first-order valence-corrected chi connectivity index (χ1v) is 3.24. The van der Waals surface area contributed by atoms with Crippen LogP contribution in [0.25, 0.3) is 0 Å². The fraction of sp³-hybridized carbons (Fsp3) is 0. The topological polar surface area (TPSA) is 143 Å². The Morgan fingerprint density at radius 3 is 0.467 bits per heavy atom. The molecule has 0 aromatic carbocycles. The molecule has 0 saturated carbocycles. The second-order valence-electron chi connectivity index (χ2n) is 0. The summed E-state index contributed by atoms with van der Waals surface area (Å²) in [5, 5.41) is 37.5. The molecule has 6 nitrogen and oxygen atoms in total. The second kappa shape index (κ2) is 1690. The molecule has 15 heavy (non-hydrogen) atoms. The van der Waals surface area contributed by atoms with Gasteiger partial charge in [-0.1, -0.05) is 0 Å². The van der Waals surface area contributed by atoms with E-state index in [1.807, 2.05) is 0 Å². The predicted octanol–water partition coefficient (Wildman–Crippen LogP) is -2.42. The molecule has 0 spiro atoms. The Hall–Kier alpha value is -1.05. The molecule has 0 radical (unpaired) electrons. The summed E-state index contributed by atoms with van der Waals surface area (Å²) >= 11 is 6.50. The van der Waals surface area contributed by atoms with E-state index in [0.717, 1.165) is 0 Å². The third-order valence-electron chi connectivity index (χ3n) is 0. The fourth-order valence-electron chi connectivity index (χ4n) is 0. The minimum atomic E-state index is 0. The van der Waals surface area contributed by atoms with Crippen molar-refractivity contribution in [1.82, 2.24) is 0 Å². The normalized spacial score (nSPS) is 1.27. The third kappa shape index (κ3) is 1420. The van der Waals surface area contributed by atoms with E-state index >= 15 is 0 Å². The van der Waals surface area contributed by atoms with Crippen LogP contribution in [0.15, 0.2) is 0 Å². The summed E-state index contributed by atoms with van der Waals surface area (Å²) in [5.41, 5.74) is 0. The molecule has 0 amide bonds. The number of hydrogen-bond acceptors (Lipinski definition) is 6. The van der Waals surface area contributed by atoms with E-state index in [9.17, 15) is 0 Å². The van der Waals surface area contributed by atoms with Crippen LogP contribution in [0.2, 0.25) is 0 Å². The van der Waals surface area contributed by atoms with Crippen LogP contribution >= 0.6 is 0 Å². The summed E-state index contributed by atoms with van der Waals surface area (Å²) in [6, 6.07) is 0. The van der Waals surface area contributed by atoms with Gasteiger partial charge in [0.1, 0.15) is 0 Å². The van der Waals surface area contributed by atoms with Gasteiger partial charge in [-0.05, 0) is 0 Å². The maximum Gasteiger partial charge on any atom is 1.00 e. The smallest absolute Gasteiger partial charge is 1.00 e. The van der Waals surface area contributed by atoms with Crippen LogP contribution in [0.3, 0.4) is 0 Å². The van der Waals surface area contributed by atoms with Crippen LogP contribution in [0.4, 0.5) is 0 Å². The molecule has 0 aliphatic carbocycles. The maximum atomic E-state index is 6.25. The minimum Gasteiger partial charge on any atom is 1.00 e. The second-order valence-corrected chi connectivity index (χ2v) is 0. The summed E-state index contributed by atoms with van der Waals surface area (Å²) < 4.78 is 0. The SMILES string of the molecule is [C-]#N.[C-]#N.[C-]#N.[C-]#N.[C-]#N.[C-]#N.[Fe]=[Ni].[Na+]. The van der Waals surface area contributed by atoms with E-state index < -0.39 is 0 Å². The summed E-state index contributed by atoms with van der Waals surface area (Å²) in [7, 11) is 0. The fourth-order valence-corrected chi connectivity index (χ4v) is 0. The van der Waals surface area contributed by atoms with E-state index in [0.29, 0.717) is 0 Å². The zero-order chi connectivity index (χ0) is 14.0. The van der Waals surface area contributed by atoms with Crippen LogP contribution in [-0.4, -0.2) is 0 Å². The van der Waals surface area contributed by atoms with Crippen molar-refractivity contribution in [1.29, 1.82) is 31.6 Å². The van der Waals surface area contributed by atoms with Gasteiger partial charge in [0.2, 0.25) is 0 Å². The zero-order valence-electron chi connectivity index (χ0n) is 7.35. The molecule has 0 unspecified atom stereocenters. The molecule has 0 bridgehead atoms. The predicted molar refractivity (Wildman–Crippen MR) is 29.8 cm³/mol. The monoisotopic (exact) mass is 293 g/mol. The van der Waals surface area contributed by atoms with Crippen LogP contribution < -0.4 is 29.6 Å². The average molecular weight is 294 g/mol. The molecule has 0 rings (SSSR count). The molecule has 0 fully saturated rings. The van der Waals surface area contributed by atoms with Crippen molar-refractivity contribution in [3.05, 3.63) is 39.4 Å². The van der Waals surface area contributed by atoms with Crippen molar-refractivity contribution < 1.29 is 56.5 Å². The summed E-state index contributed by atoms with van der Waals surface area (Å²) in [6.45, 7) is 28.5. The van der Waals surface area contributed by atoms with Crippen LogP contribution in [0.1, 0.15) is 0 Å². The van der Waals surface area contributed by atoms with Crippen LogP contribution in [-0.2, 0) is 26.9 Å². The van der Waals surface area contributed by atoms with Gasteiger partial charge in [0.15, 0.2) is 0 Å². The van der Waals surface area contributed by atoms with Crippen LogP contribution in [0.5, 0.6) is 0 Å². The molecule has 0 aliphatic heterocycles. The van der Waals surface area contributed by atoms with Gasteiger partial charge in [-0.2, -0.15) is 0 Å². The Bertz CT molecular complexity index is 114. The molecule has 0 atom stereocenters. The maximum absolute atomic E-state index is 6.25. The van der Waals surface area contributed by atoms with Crippen molar-refractivity contribution >= 4 is 0 Å². The van der Waals surface area contributed by atoms with Gasteiger partial charge in [-0.3, -0.25) is 0 Å². The number of nitrogens with zero attached hydrogens (tertiary/aromatic N) is 6. The van der Waals surface area contributed by atoms with Crippen LogP contribution in [0, 0.1) is 71.0 Å². The molecule has 0 saturated heterocycles. The summed E-state index contributed by atoms with van der Waals surface area (Å²) in [6.07, 6.45) is 0. The largest absolute Gasteiger partial charge is 1.00 e. The molecule has 78 valence electrons. The van der Waals surface area contributed by atoms with E-state index in [1.54, 1.807) is 0 Å². The average Bonchev–Trinajstić information content (AvgIpc) is 2.45. The number of rotatable bonds is 0. The van der Waals surface area contributed by atoms with Gasteiger partial charge in [0.05, 0.1) is 0 Å². The summed E-state index contributed by atoms with van der Waals surface area (Å²) in [4.78, 5) is 0. The molecule has 9 heteroatoms. The van der Waals surface area contributed by atoms with E-state index in [1.165, 1.54) is 0 Å². The van der Waals surface area contributed by atoms with Crippen molar-refractivity contribution in [3.8, 4) is 0 Å². The van der Waals surface area contributed by atoms with Gasteiger partial charge in [-0.15, -0.1) is 0 Å². The van der Waals surface area contributed by atoms with E-state index in [-0.39, 0.29) is 29.6 Å². The molecule has 0 N–H and O–H groups in total. The van der Waals surface area contributed by atoms with Crippen molar-refractivity contribution in [2.75, 3.05) is 0 Å². The zero-order valence-corrected chi connectivity index (χ0v) is 11.4. The first-order chi connectivity index (χ1) is 7.00.